The number of hydrogen-bond donors (Lipinski definition) is 16. The van der Waals surface area contributed by atoms with Crippen LogP contribution >= 0.6 is 23.5 Å². The van der Waals surface area contributed by atoms with E-state index in [1.54, 1.807) is 72.8 Å². The quantitative estimate of drug-likeness (QED) is 0.0186. The molecule has 0 saturated carbocycles. The van der Waals surface area contributed by atoms with Gasteiger partial charge < -0.3 is 102 Å². The Morgan fingerprint density at radius 1 is 0.495 bits per heavy atom. The predicted molar refractivity (Wildman–Crippen MR) is 356 cm³/mol. The third-order valence-electron chi connectivity index (χ3n) is 15.5. The molecule has 2 fully saturated rings. The molecule has 12 atom stereocenters. The van der Waals surface area contributed by atoms with Gasteiger partial charge in [-0.3, -0.25) is 19.2 Å². The zero-order valence-electron chi connectivity index (χ0n) is 53.7. The summed E-state index contributed by atoms with van der Waals surface area (Å²) in [6.07, 6.45) is -14.7. The molecule has 2 heterocycles. The zero-order valence-corrected chi connectivity index (χ0v) is 57.3. The molecule has 16 N–H and O–H groups in total. The zero-order chi connectivity index (χ0) is 69.4. The number of ether oxygens (including phenoxy) is 4. The van der Waals surface area contributed by atoms with Crippen LogP contribution in [0.5, 0.6) is 0 Å². The SMILES string of the molecule is CC(=O)N[C@@H]1[C@@H](O)C[C@](OCCCSCCNC(=O)Nc2ccc(NC(=O)NCCSCCCO[C@]3(C(=O)O)C[C@H](O)[C@@H](NC(C)=O)[C@H](C(O)[C@H](O)CNC(=O)c4ccc(-c5ccccc5)cc4)O3)cc2)(C(=O)O)O[C@H]1C(O)[C@H](O)CNC(=O)c1ccc(-c2ccccc2)cc1.[Na+]. The summed E-state index contributed by atoms with van der Waals surface area (Å²) in [4.78, 5) is 101. The summed E-state index contributed by atoms with van der Waals surface area (Å²) in [7, 11) is 0. The van der Waals surface area contributed by atoms with E-state index in [1.807, 2.05) is 60.7 Å². The van der Waals surface area contributed by atoms with Crippen molar-refractivity contribution in [1.82, 2.24) is 31.9 Å². The van der Waals surface area contributed by atoms with Crippen LogP contribution in [0, 0.1) is 0 Å². The van der Waals surface area contributed by atoms with E-state index < -0.39 is 146 Å². The minimum Gasteiger partial charge on any atom is -0.477 e. The van der Waals surface area contributed by atoms with Crippen LogP contribution in [0.25, 0.3) is 22.3 Å². The molecule has 0 bridgehead atoms. The molecule has 5 aromatic carbocycles. The topological polar surface area (TPSA) is 432 Å². The molecule has 2 unspecified atom stereocenters. The Morgan fingerprint density at radius 3 is 1.16 bits per heavy atom. The van der Waals surface area contributed by atoms with Crippen LogP contribution in [-0.2, 0) is 38.1 Å². The van der Waals surface area contributed by atoms with E-state index >= 15 is 0 Å². The normalized spacial score (nSPS) is 21.7. The summed E-state index contributed by atoms with van der Waals surface area (Å²) in [5.41, 5.74) is 5.03. The van der Waals surface area contributed by atoms with Gasteiger partial charge in [-0.25, -0.2) is 19.2 Å². The van der Waals surface area contributed by atoms with Gasteiger partial charge in [0.15, 0.2) is 0 Å². The maximum atomic E-state index is 13.0. The Kier molecular flexibility index (Phi) is 31.5. The van der Waals surface area contributed by atoms with Crippen molar-refractivity contribution in [2.45, 2.75) is 112 Å². The fourth-order valence-electron chi connectivity index (χ4n) is 10.5. The molecule has 2 aliphatic heterocycles. The van der Waals surface area contributed by atoms with Gasteiger partial charge in [-0.15, -0.1) is 0 Å². The van der Waals surface area contributed by atoms with Crippen LogP contribution in [-0.4, -0.2) is 223 Å². The summed E-state index contributed by atoms with van der Waals surface area (Å²) < 4.78 is 23.1. The number of carboxylic acid groups (broad SMARTS) is 2. The van der Waals surface area contributed by atoms with Gasteiger partial charge in [-0.1, -0.05) is 84.9 Å². The molecule has 0 aliphatic carbocycles. The average Bonchev–Trinajstić information content (AvgIpc) is 0.777. The molecule has 2 saturated heterocycles. The first-order valence-corrected chi connectivity index (χ1v) is 33.2. The number of hydrogen-bond acceptors (Lipinski definition) is 20. The van der Waals surface area contributed by atoms with Crippen LogP contribution < -0.4 is 72.1 Å². The van der Waals surface area contributed by atoms with Crippen LogP contribution in [0.1, 0.15) is 60.2 Å². The van der Waals surface area contributed by atoms with Gasteiger partial charge in [0, 0.05) is 86.9 Å². The van der Waals surface area contributed by atoms with Gasteiger partial charge in [0.2, 0.25) is 11.8 Å². The first kappa shape index (κ1) is 78.8. The minimum absolute atomic E-state index is 0. The second kappa shape index (κ2) is 38.8. The number of carbonyl (C=O) groups is 8. The number of urea groups is 2. The van der Waals surface area contributed by atoms with Crippen molar-refractivity contribution in [1.29, 1.82) is 0 Å². The summed E-state index contributed by atoms with van der Waals surface area (Å²) >= 11 is 2.84. The third-order valence-corrected chi connectivity index (χ3v) is 17.6. The number of rotatable bonds is 34. The molecule has 2 aliphatic rings. The van der Waals surface area contributed by atoms with E-state index in [1.165, 1.54) is 23.5 Å². The van der Waals surface area contributed by atoms with Crippen LogP contribution in [0.15, 0.2) is 133 Å². The minimum atomic E-state index is -2.49. The summed E-state index contributed by atoms with van der Waals surface area (Å²) in [5.74, 6) is -8.83. The number of aliphatic hydroxyl groups excluding tert-OH is 6. The van der Waals surface area contributed by atoms with Gasteiger partial charge >= 0.3 is 53.6 Å². The van der Waals surface area contributed by atoms with Crippen molar-refractivity contribution in [3.05, 3.63) is 145 Å². The Labute approximate surface area is 590 Å². The number of nitrogens with one attached hydrogen (secondary N) is 8. The van der Waals surface area contributed by atoms with E-state index in [4.69, 9.17) is 18.9 Å². The van der Waals surface area contributed by atoms with E-state index in [0.29, 0.717) is 47.2 Å². The molecule has 8 amide bonds. The molecule has 0 aromatic heterocycles. The fraction of sp³-hybridized carbons (Fsp3) is 0.424. The molecule has 28 nitrogen and oxygen atoms in total. The van der Waals surface area contributed by atoms with Crippen molar-refractivity contribution in [2.75, 3.05) is 73.0 Å². The molecule has 518 valence electrons. The number of anilines is 2. The Bertz CT molecular complexity index is 3160. The van der Waals surface area contributed by atoms with E-state index in [0.717, 1.165) is 36.1 Å². The van der Waals surface area contributed by atoms with Gasteiger partial charge in [-0.05, 0) is 95.1 Å². The Balaban J connectivity index is 0.0000149. The number of benzene rings is 5. The number of aliphatic carboxylic acids is 2. The second-order valence-corrected chi connectivity index (χ2v) is 25.1. The number of carbonyl (C=O) groups excluding carboxylic acids is 6. The maximum absolute atomic E-state index is 13.0. The molecule has 97 heavy (non-hydrogen) atoms. The number of aliphatic hydroxyl groups is 6. The van der Waals surface area contributed by atoms with Gasteiger partial charge in [0.25, 0.3) is 23.4 Å². The van der Waals surface area contributed by atoms with Crippen molar-refractivity contribution < 1.29 is 128 Å². The summed E-state index contributed by atoms with van der Waals surface area (Å²) in [6, 6.07) is 35.0. The van der Waals surface area contributed by atoms with Gasteiger partial charge in [0.1, 0.15) is 24.4 Å². The van der Waals surface area contributed by atoms with Crippen LogP contribution in [0.2, 0.25) is 0 Å². The molecule has 0 radical (unpaired) electrons. The van der Waals surface area contributed by atoms with Crippen molar-refractivity contribution in [3.8, 4) is 22.3 Å². The fourth-order valence-corrected chi connectivity index (χ4v) is 12.1. The van der Waals surface area contributed by atoms with Crippen molar-refractivity contribution in [2.24, 2.45) is 0 Å². The van der Waals surface area contributed by atoms with E-state index in [9.17, 15) is 79.2 Å². The molecule has 7 rings (SSSR count). The molecule has 0 spiro atoms. The maximum Gasteiger partial charge on any atom is 1.00 e. The molecule has 5 aromatic rings. The predicted octanol–water partition coefficient (Wildman–Crippen LogP) is -0.278. The average molecular weight is 1390 g/mol. The van der Waals surface area contributed by atoms with Crippen LogP contribution in [0.4, 0.5) is 21.0 Å². The first-order valence-electron chi connectivity index (χ1n) is 30.9. The largest absolute Gasteiger partial charge is 1.00 e. The van der Waals surface area contributed by atoms with Gasteiger partial charge in [0.05, 0.1) is 49.7 Å². The van der Waals surface area contributed by atoms with Gasteiger partial charge in [-0.2, -0.15) is 23.5 Å². The van der Waals surface area contributed by atoms with Crippen molar-refractivity contribution in [3.63, 3.8) is 0 Å². The standard InChI is InChI=1S/C66H82N8O20S2.Na/c1-39(75)71-53-49(77)35-65(61(85)86,93-57(53)55(81)51(79)37-69-59(83)45-19-15-43(16-20-45)41-11-5-3-6-12-41)91-29-9-31-95-33-27-67-63(89)73-47-23-25-48(26-24-47)74-64(90)68-28-34-96-32-10-30-92-66(62(87)88)36-50(78)54(72-40(2)76)58(94-66)56(82)52(80)38-70-60(84)46-21-17-44(18-22-46)42-13-7-4-8-14-42;/h3-8,11-26,49-58,77-82H,9-10,27-38H2,1-2H3,(H,69,83)(H,70,84)(H,71,75)(H,72,76)(H,85,86)(H,87,88)(H2,67,73,89)(H2,68,74,90);/q;+1/t49-,50-,51+,52+,53+,54+,55?,56?,57+,58+,65+,66+;/m0./s1. The number of carboxylic acids is 2. The number of thioether (sulfide) groups is 2. The first-order chi connectivity index (χ1) is 46.0. The summed E-state index contributed by atoms with van der Waals surface area (Å²) in [6.45, 7) is 1.42. The summed E-state index contributed by atoms with van der Waals surface area (Å²) in [5, 5.41) is 108. The molecular weight excluding hydrogens is 1310 g/mol. The van der Waals surface area contributed by atoms with Crippen molar-refractivity contribution >= 4 is 82.5 Å². The Morgan fingerprint density at radius 2 is 0.835 bits per heavy atom. The molecular formula is C66H82N8NaO20S2+. The third kappa shape index (κ3) is 23.5. The smallest absolute Gasteiger partial charge is 0.477 e. The monoisotopic (exact) mass is 1390 g/mol. The van der Waals surface area contributed by atoms with E-state index in [-0.39, 0.29) is 67.0 Å². The van der Waals surface area contributed by atoms with Crippen LogP contribution in [0.3, 0.4) is 0 Å². The molecule has 31 heteroatoms. The second-order valence-electron chi connectivity index (χ2n) is 22.7. The van der Waals surface area contributed by atoms with E-state index in [2.05, 4.69) is 42.5 Å². The Hall–Kier alpha value is -7.24. The number of amides is 8.